The van der Waals surface area contributed by atoms with Crippen molar-refractivity contribution in [1.29, 1.82) is 0 Å². The zero-order chi connectivity index (χ0) is 18.2. The van der Waals surface area contributed by atoms with Crippen LogP contribution in [0.25, 0.3) is 0 Å². The highest BCUT2D eigenvalue weighted by Crippen LogP contribution is 2.17. The van der Waals surface area contributed by atoms with Gasteiger partial charge in [-0.25, -0.2) is 0 Å². The normalized spacial score (nSPS) is 16.9. The van der Waals surface area contributed by atoms with E-state index in [-0.39, 0.29) is 11.8 Å². The Morgan fingerprint density at radius 2 is 1.88 bits per heavy atom. The first-order valence-electron chi connectivity index (χ1n) is 9.42. The number of hydrogen-bond acceptors (Lipinski definition) is 3. The molecule has 1 atom stereocenters. The van der Waals surface area contributed by atoms with Crippen LogP contribution in [-0.4, -0.2) is 37.6 Å². The molecule has 138 valence electrons. The Labute approximate surface area is 156 Å². The number of nitrogens with zero attached hydrogens (tertiary/aromatic N) is 1. The summed E-state index contributed by atoms with van der Waals surface area (Å²) in [5.74, 6) is 1.23. The molecule has 0 aromatic heterocycles. The van der Waals surface area contributed by atoms with Gasteiger partial charge in [-0.05, 0) is 49.1 Å². The molecule has 1 heterocycles. The SMILES string of the molecule is COc1ccc(CCN(Cc2ccccc2)C(=O)C2CCCNC2)cc1. The van der Waals surface area contributed by atoms with E-state index in [0.717, 1.165) is 44.6 Å². The zero-order valence-corrected chi connectivity index (χ0v) is 15.5. The summed E-state index contributed by atoms with van der Waals surface area (Å²) in [6.45, 7) is 3.23. The van der Waals surface area contributed by atoms with E-state index in [0.29, 0.717) is 6.54 Å². The summed E-state index contributed by atoms with van der Waals surface area (Å²) in [5, 5.41) is 3.36. The van der Waals surface area contributed by atoms with Crippen molar-refractivity contribution in [2.24, 2.45) is 5.92 Å². The summed E-state index contributed by atoms with van der Waals surface area (Å²) >= 11 is 0. The summed E-state index contributed by atoms with van der Waals surface area (Å²) < 4.78 is 5.22. The smallest absolute Gasteiger partial charge is 0.227 e. The Morgan fingerprint density at radius 3 is 2.54 bits per heavy atom. The van der Waals surface area contributed by atoms with Gasteiger partial charge < -0.3 is 15.0 Å². The number of benzene rings is 2. The van der Waals surface area contributed by atoms with Crippen molar-refractivity contribution >= 4 is 5.91 Å². The molecule has 2 aromatic rings. The van der Waals surface area contributed by atoms with Gasteiger partial charge >= 0.3 is 0 Å². The summed E-state index contributed by atoms with van der Waals surface area (Å²) in [7, 11) is 1.67. The molecule has 3 rings (SSSR count). The molecule has 0 saturated carbocycles. The largest absolute Gasteiger partial charge is 0.497 e. The summed E-state index contributed by atoms with van der Waals surface area (Å²) in [6, 6.07) is 18.4. The number of nitrogens with one attached hydrogen (secondary N) is 1. The van der Waals surface area contributed by atoms with Gasteiger partial charge in [-0.1, -0.05) is 42.5 Å². The van der Waals surface area contributed by atoms with Gasteiger partial charge in [0.15, 0.2) is 0 Å². The van der Waals surface area contributed by atoms with Crippen LogP contribution >= 0.6 is 0 Å². The first kappa shape index (κ1) is 18.5. The van der Waals surface area contributed by atoms with Crippen molar-refractivity contribution in [2.45, 2.75) is 25.8 Å². The minimum Gasteiger partial charge on any atom is -0.497 e. The van der Waals surface area contributed by atoms with Crippen LogP contribution in [0.2, 0.25) is 0 Å². The highest BCUT2D eigenvalue weighted by molar-refractivity contribution is 5.79. The highest BCUT2D eigenvalue weighted by Gasteiger charge is 2.25. The van der Waals surface area contributed by atoms with Crippen LogP contribution in [0, 0.1) is 5.92 Å². The maximum atomic E-state index is 13.1. The molecule has 1 N–H and O–H groups in total. The molecule has 2 aromatic carbocycles. The van der Waals surface area contributed by atoms with Crippen LogP contribution in [0.4, 0.5) is 0 Å². The third-order valence-electron chi connectivity index (χ3n) is 5.00. The molecule has 0 spiro atoms. The molecule has 1 unspecified atom stereocenters. The molecule has 1 fully saturated rings. The molecule has 0 bridgehead atoms. The van der Waals surface area contributed by atoms with Gasteiger partial charge in [0.25, 0.3) is 0 Å². The Kier molecular flexibility index (Phi) is 6.67. The third kappa shape index (κ3) is 5.09. The maximum Gasteiger partial charge on any atom is 0.227 e. The van der Waals surface area contributed by atoms with E-state index in [2.05, 4.69) is 29.6 Å². The lowest BCUT2D eigenvalue weighted by molar-refractivity contribution is -0.136. The number of rotatable bonds is 7. The Morgan fingerprint density at radius 1 is 1.12 bits per heavy atom. The molecule has 1 saturated heterocycles. The molecular formula is C22H28N2O2. The molecule has 0 radical (unpaired) electrons. The molecule has 26 heavy (non-hydrogen) atoms. The van der Waals surface area contributed by atoms with Gasteiger partial charge in [0.1, 0.15) is 5.75 Å². The van der Waals surface area contributed by atoms with Crippen molar-refractivity contribution in [3.05, 3.63) is 65.7 Å². The van der Waals surface area contributed by atoms with Crippen LogP contribution < -0.4 is 10.1 Å². The summed E-state index contributed by atoms with van der Waals surface area (Å²) in [6.07, 6.45) is 2.91. The predicted octanol–water partition coefficient (Wildman–Crippen LogP) is 3.27. The number of amides is 1. The van der Waals surface area contributed by atoms with E-state index >= 15 is 0 Å². The van der Waals surface area contributed by atoms with E-state index in [1.165, 1.54) is 11.1 Å². The first-order chi connectivity index (χ1) is 12.8. The number of piperidine rings is 1. The number of methoxy groups -OCH3 is 1. The number of carbonyl (C=O) groups is 1. The van der Waals surface area contributed by atoms with Gasteiger partial charge in [0.2, 0.25) is 5.91 Å². The van der Waals surface area contributed by atoms with Gasteiger partial charge in [-0.2, -0.15) is 0 Å². The number of hydrogen-bond donors (Lipinski definition) is 1. The van der Waals surface area contributed by atoms with E-state index in [4.69, 9.17) is 4.74 Å². The molecule has 4 heteroatoms. The van der Waals surface area contributed by atoms with E-state index in [1.807, 2.05) is 35.2 Å². The van der Waals surface area contributed by atoms with Gasteiger partial charge in [-0.3, -0.25) is 4.79 Å². The Bertz CT molecular complexity index is 679. The van der Waals surface area contributed by atoms with E-state index in [9.17, 15) is 4.79 Å². The van der Waals surface area contributed by atoms with Crippen molar-refractivity contribution < 1.29 is 9.53 Å². The summed E-state index contributed by atoms with van der Waals surface area (Å²) in [4.78, 5) is 15.1. The molecule has 0 aliphatic carbocycles. The van der Waals surface area contributed by atoms with E-state index < -0.39 is 0 Å². The van der Waals surface area contributed by atoms with Crippen molar-refractivity contribution in [3.63, 3.8) is 0 Å². The van der Waals surface area contributed by atoms with Gasteiger partial charge in [0.05, 0.1) is 13.0 Å². The second kappa shape index (κ2) is 9.39. The Balaban J connectivity index is 1.67. The average molecular weight is 352 g/mol. The predicted molar refractivity (Wildman–Crippen MR) is 104 cm³/mol. The average Bonchev–Trinajstić information content (AvgIpc) is 2.72. The van der Waals surface area contributed by atoms with Gasteiger partial charge in [0, 0.05) is 19.6 Å². The molecular weight excluding hydrogens is 324 g/mol. The van der Waals surface area contributed by atoms with Crippen LogP contribution in [0.15, 0.2) is 54.6 Å². The maximum absolute atomic E-state index is 13.1. The van der Waals surface area contributed by atoms with E-state index in [1.54, 1.807) is 7.11 Å². The van der Waals surface area contributed by atoms with Crippen molar-refractivity contribution in [3.8, 4) is 5.75 Å². The standard InChI is InChI=1S/C22H28N2O2/c1-26-21-11-9-18(10-12-21)13-15-24(17-19-6-3-2-4-7-19)22(25)20-8-5-14-23-16-20/h2-4,6-7,9-12,20,23H,5,8,13-17H2,1H3. The first-order valence-corrected chi connectivity index (χ1v) is 9.42. The lowest BCUT2D eigenvalue weighted by atomic mass is 9.97. The van der Waals surface area contributed by atoms with Crippen LogP contribution in [-0.2, 0) is 17.8 Å². The lowest BCUT2D eigenvalue weighted by Crippen LogP contribution is -2.43. The van der Waals surface area contributed by atoms with Crippen molar-refractivity contribution in [2.75, 3.05) is 26.7 Å². The van der Waals surface area contributed by atoms with Crippen LogP contribution in [0.1, 0.15) is 24.0 Å². The fourth-order valence-electron chi connectivity index (χ4n) is 3.45. The molecule has 1 aliphatic heterocycles. The second-order valence-electron chi connectivity index (χ2n) is 6.89. The molecule has 1 amide bonds. The van der Waals surface area contributed by atoms with Crippen molar-refractivity contribution in [1.82, 2.24) is 10.2 Å². The minimum atomic E-state index is 0.100. The fraction of sp³-hybridized carbons (Fsp3) is 0.409. The lowest BCUT2D eigenvalue weighted by Gasteiger charge is -2.30. The van der Waals surface area contributed by atoms with Crippen LogP contribution in [0.3, 0.4) is 0 Å². The zero-order valence-electron chi connectivity index (χ0n) is 15.5. The third-order valence-corrected chi connectivity index (χ3v) is 5.00. The topological polar surface area (TPSA) is 41.6 Å². The number of ether oxygens (including phenoxy) is 1. The van der Waals surface area contributed by atoms with Gasteiger partial charge in [-0.15, -0.1) is 0 Å². The number of carbonyl (C=O) groups excluding carboxylic acids is 1. The quantitative estimate of drug-likeness (QED) is 0.832. The molecule has 4 nitrogen and oxygen atoms in total. The summed E-state index contributed by atoms with van der Waals surface area (Å²) in [5.41, 5.74) is 2.40. The van der Waals surface area contributed by atoms with Crippen LogP contribution in [0.5, 0.6) is 5.75 Å². The Hall–Kier alpha value is -2.33. The molecule has 1 aliphatic rings. The monoisotopic (exact) mass is 352 g/mol. The fourth-order valence-corrected chi connectivity index (χ4v) is 3.45. The second-order valence-corrected chi connectivity index (χ2v) is 6.89. The highest BCUT2D eigenvalue weighted by atomic mass is 16.5. The minimum absolute atomic E-state index is 0.100.